The summed E-state index contributed by atoms with van der Waals surface area (Å²) in [6.07, 6.45) is 7.49. The zero-order valence-corrected chi connectivity index (χ0v) is 14.6. The zero-order valence-electron chi connectivity index (χ0n) is 14.6. The van der Waals surface area contributed by atoms with Gasteiger partial charge in [0.25, 0.3) is 0 Å². The Bertz CT molecular complexity index is 483. The van der Waals surface area contributed by atoms with E-state index in [0.717, 1.165) is 71.4 Å². The average Bonchev–Trinajstić information content (AvgIpc) is 3.24. The molecule has 6 heteroatoms. The van der Waals surface area contributed by atoms with Crippen molar-refractivity contribution in [1.82, 2.24) is 20.0 Å². The molecule has 4 fully saturated rings. The van der Waals surface area contributed by atoms with Crippen molar-refractivity contribution in [2.45, 2.75) is 57.0 Å². The fraction of sp³-hybridized carbons (Fsp3) is 0.889. The molecule has 1 N–H and O–H groups in total. The Morgan fingerprint density at radius 2 is 1.33 bits per heavy atom. The molecular formula is C18H30N4O2. The van der Waals surface area contributed by atoms with Crippen LogP contribution in [-0.2, 0) is 4.79 Å². The van der Waals surface area contributed by atoms with Crippen LogP contribution in [0.5, 0.6) is 0 Å². The number of fused-ring (bicyclic) bond motifs is 2. The van der Waals surface area contributed by atoms with Crippen molar-refractivity contribution in [3.63, 3.8) is 0 Å². The number of piperidine rings is 1. The summed E-state index contributed by atoms with van der Waals surface area (Å²) in [5.74, 6) is 0.446. The Kier molecular flexibility index (Phi) is 4.66. The first-order chi connectivity index (χ1) is 11.7. The van der Waals surface area contributed by atoms with Crippen molar-refractivity contribution in [1.29, 1.82) is 0 Å². The number of rotatable bonds is 1. The van der Waals surface area contributed by atoms with Crippen LogP contribution in [0.4, 0.5) is 4.79 Å². The van der Waals surface area contributed by atoms with Gasteiger partial charge < -0.3 is 20.0 Å². The van der Waals surface area contributed by atoms with E-state index in [4.69, 9.17) is 0 Å². The van der Waals surface area contributed by atoms with E-state index in [9.17, 15) is 9.59 Å². The van der Waals surface area contributed by atoms with E-state index in [1.807, 2.05) is 9.80 Å². The number of nitrogens with one attached hydrogen (secondary N) is 1. The standard InChI is InChI=1S/C18H30N4O2/c23-17(22-12-7-15-3-4-16(13-22)19-15)14-5-10-21(11-6-14)18(24)20-8-1-2-9-20/h14-16,19H,1-13H2. The van der Waals surface area contributed by atoms with Crippen LogP contribution in [-0.4, -0.2) is 78.0 Å². The second-order valence-corrected chi connectivity index (χ2v) is 7.95. The highest BCUT2D eigenvalue weighted by Crippen LogP contribution is 2.25. The first-order valence-corrected chi connectivity index (χ1v) is 9.79. The summed E-state index contributed by atoms with van der Waals surface area (Å²) >= 11 is 0. The summed E-state index contributed by atoms with van der Waals surface area (Å²) in [5.41, 5.74) is 0. The molecule has 0 spiro atoms. The van der Waals surface area contributed by atoms with Crippen LogP contribution in [0.25, 0.3) is 0 Å². The molecule has 4 aliphatic rings. The highest BCUT2D eigenvalue weighted by Gasteiger charge is 2.36. The zero-order chi connectivity index (χ0) is 16.5. The Morgan fingerprint density at radius 3 is 2.08 bits per heavy atom. The summed E-state index contributed by atoms with van der Waals surface area (Å²) < 4.78 is 0. The number of carbonyl (C=O) groups excluding carboxylic acids is 2. The number of amides is 3. The van der Waals surface area contributed by atoms with Crippen molar-refractivity contribution in [3.05, 3.63) is 0 Å². The SMILES string of the molecule is O=C(C1CCN(C(=O)N2CCCC2)CC1)N1CCC2CCC(C1)N2. The molecule has 4 saturated heterocycles. The predicted octanol–water partition coefficient (Wildman–Crippen LogP) is 1.27. The first kappa shape index (κ1) is 16.2. The molecule has 2 bridgehead atoms. The molecule has 4 aliphatic heterocycles. The molecule has 4 heterocycles. The maximum Gasteiger partial charge on any atom is 0.319 e. The normalized spacial score (nSPS) is 31.4. The second kappa shape index (κ2) is 6.90. The van der Waals surface area contributed by atoms with Gasteiger partial charge in [-0.3, -0.25) is 4.79 Å². The molecule has 0 aromatic heterocycles. The predicted molar refractivity (Wildman–Crippen MR) is 91.6 cm³/mol. The minimum atomic E-state index is 0.115. The number of hydrogen-bond acceptors (Lipinski definition) is 3. The molecule has 6 nitrogen and oxygen atoms in total. The van der Waals surface area contributed by atoms with Crippen LogP contribution in [0, 0.1) is 5.92 Å². The van der Waals surface area contributed by atoms with Gasteiger partial charge in [-0.1, -0.05) is 0 Å². The number of likely N-dealkylation sites (tertiary alicyclic amines) is 3. The van der Waals surface area contributed by atoms with Crippen LogP contribution in [0.1, 0.15) is 44.9 Å². The van der Waals surface area contributed by atoms with Crippen molar-refractivity contribution < 1.29 is 9.59 Å². The van der Waals surface area contributed by atoms with Crippen LogP contribution in [0.2, 0.25) is 0 Å². The third-order valence-corrected chi connectivity index (χ3v) is 6.33. The minimum Gasteiger partial charge on any atom is -0.341 e. The van der Waals surface area contributed by atoms with E-state index >= 15 is 0 Å². The monoisotopic (exact) mass is 334 g/mol. The fourth-order valence-corrected chi connectivity index (χ4v) is 4.83. The van der Waals surface area contributed by atoms with Gasteiger partial charge in [0.15, 0.2) is 0 Å². The van der Waals surface area contributed by atoms with Crippen LogP contribution >= 0.6 is 0 Å². The van der Waals surface area contributed by atoms with Gasteiger partial charge in [0.05, 0.1) is 0 Å². The van der Waals surface area contributed by atoms with Crippen LogP contribution < -0.4 is 5.32 Å². The third-order valence-electron chi connectivity index (χ3n) is 6.33. The lowest BCUT2D eigenvalue weighted by molar-refractivity contribution is -0.137. The Hall–Kier alpha value is -1.30. The van der Waals surface area contributed by atoms with Crippen molar-refractivity contribution in [3.8, 4) is 0 Å². The Balaban J connectivity index is 1.29. The van der Waals surface area contributed by atoms with E-state index < -0.39 is 0 Å². The number of carbonyl (C=O) groups is 2. The Morgan fingerprint density at radius 1 is 0.708 bits per heavy atom. The molecule has 2 atom stereocenters. The van der Waals surface area contributed by atoms with Crippen molar-refractivity contribution >= 4 is 11.9 Å². The smallest absolute Gasteiger partial charge is 0.319 e. The molecule has 0 aromatic rings. The summed E-state index contributed by atoms with van der Waals surface area (Å²) in [6.45, 7) is 5.07. The van der Waals surface area contributed by atoms with Gasteiger partial charge in [-0.2, -0.15) is 0 Å². The van der Waals surface area contributed by atoms with Gasteiger partial charge in [0.2, 0.25) is 5.91 Å². The molecule has 2 unspecified atom stereocenters. The fourth-order valence-electron chi connectivity index (χ4n) is 4.83. The molecular weight excluding hydrogens is 304 g/mol. The average molecular weight is 334 g/mol. The molecule has 4 rings (SSSR count). The maximum absolute atomic E-state index is 12.9. The molecule has 0 radical (unpaired) electrons. The summed E-state index contributed by atoms with van der Waals surface area (Å²) in [5, 5.41) is 3.64. The van der Waals surface area contributed by atoms with Gasteiger partial charge in [-0.05, 0) is 44.9 Å². The topological polar surface area (TPSA) is 55.9 Å². The summed E-state index contributed by atoms with van der Waals surface area (Å²) in [7, 11) is 0. The third kappa shape index (κ3) is 3.25. The lowest BCUT2D eigenvalue weighted by atomic mass is 9.94. The lowest BCUT2D eigenvalue weighted by Gasteiger charge is -2.36. The van der Waals surface area contributed by atoms with E-state index in [2.05, 4.69) is 10.2 Å². The highest BCUT2D eigenvalue weighted by molar-refractivity contribution is 5.80. The highest BCUT2D eigenvalue weighted by atomic mass is 16.2. The van der Waals surface area contributed by atoms with Crippen LogP contribution in [0.3, 0.4) is 0 Å². The van der Waals surface area contributed by atoms with E-state index in [1.165, 1.54) is 12.8 Å². The van der Waals surface area contributed by atoms with Crippen LogP contribution in [0.15, 0.2) is 0 Å². The van der Waals surface area contributed by atoms with Gasteiger partial charge in [-0.25, -0.2) is 4.79 Å². The van der Waals surface area contributed by atoms with Crippen molar-refractivity contribution in [2.75, 3.05) is 39.3 Å². The molecule has 134 valence electrons. The van der Waals surface area contributed by atoms with Gasteiger partial charge in [-0.15, -0.1) is 0 Å². The maximum atomic E-state index is 12.9. The van der Waals surface area contributed by atoms with Gasteiger partial charge in [0, 0.05) is 57.3 Å². The van der Waals surface area contributed by atoms with E-state index in [0.29, 0.717) is 18.0 Å². The largest absolute Gasteiger partial charge is 0.341 e. The van der Waals surface area contributed by atoms with Gasteiger partial charge in [0.1, 0.15) is 0 Å². The molecule has 24 heavy (non-hydrogen) atoms. The number of hydrogen-bond donors (Lipinski definition) is 1. The first-order valence-electron chi connectivity index (χ1n) is 9.79. The lowest BCUT2D eigenvalue weighted by Crippen LogP contribution is -2.49. The molecule has 0 aliphatic carbocycles. The Labute approximate surface area is 144 Å². The summed E-state index contributed by atoms with van der Waals surface area (Å²) in [4.78, 5) is 31.4. The molecule has 0 aromatic carbocycles. The quantitative estimate of drug-likeness (QED) is 0.786. The summed E-state index contributed by atoms with van der Waals surface area (Å²) in [6, 6.07) is 1.31. The molecule has 3 amide bonds. The minimum absolute atomic E-state index is 0.115. The van der Waals surface area contributed by atoms with Gasteiger partial charge >= 0.3 is 6.03 Å². The van der Waals surface area contributed by atoms with Crippen molar-refractivity contribution in [2.24, 2.45) is 5.92 Å². The second-order valence-electron chi connectivity index (χ2n) is 7.95. The van der Waals surface area contributed by atoms with E-state index in [1.54, 1.807) is 0 Å². The number of urea groups is 1. The molecule has 0 saturated carbocycles. The number of nitrogens with zero attached hydrogens (tertiary/aromatic N) is 3. The van der Waals surface area contributed by atoms with E-state index in [-0.39, 0.29) is 11.9 Å².